The smallest absolute Gasteiger partial charge is 0.161 e. The van der Waals surface area contributed by atoms with Gasteiger partial charge in [0.25, 0.3) is 0 Å². The Morgan fingerprint density at radius 3 is 1.23 bits per heavy atom. The number of fused-ring (bicyclic) bond motifs is 4. The van der Waals surface area contributed by atoms with Crippen LogP contribution in [0, 0.1) is 0 Å². The van der Waals surface area contributed by atoms with Crippen LogP contribution < -0.4 is 0 Å². The number of hydrogen-bond acceptors (Lipinski definition) is 2. The molecule has 0 fully saturated rings. The summed E-state index contributed by atoms with van der Waals surface area (Å²) in [6.07, 6.45) is 0. The molecule has 0 radical (unpaired) electrons. The zero-order valence-electron chi connectivity index (χ0n) is 32.8. The second kappa shape index (κ2) is 15.1. The predicted molar refractivity (Wildman–Crippen MR) is 253 cm³/mol. The van der Waals surface area contributed by atoms with E-state index in [1.165, 1.54) is 49.9 Å². The van der Waals surface area contributed by atoms with E-state index in [1.807, 2.05) is 0 Å². The zero-order chi connectivity index (χ0) is 39.8. The SMILES string of the molecule is c1ccc(-c2cc(-c3ccccc3)cc(-c3cccc(-c4cccc(-c5cccc(-c6nc(-c7cccc8ccccc78)nc7c6ccc6ccccc67)c5)c4)c3)c2)cc1. The fourth-order valence-electron chi connectivity index (χ4n) is 8.62. The van der Waals surface area contributed by atoms with Gasteiger partial charge >= 0.3 is 0 Å². The van der Waals surface area contributed by atoms with E-state index in [9.17, 15) is 0 Å². The van der Waals surface area contributed by atoms with Crippen molar-refractivity contribution in [2.75, 3.05) is 0 Å². The van der Waals surface area contributed by atoms with Crippen LogP contribution in [0.4, 0.5) is 0 Å². The average molecular weight is 763 g/mol. The normalized spacial score (nSPS) is 11.3. The van der Waals surface area contributed by atoms with Gasteiger partial charge in [-0.3, -0.25) is 0 Å². The fraction of sp³-hybridized carbons (Fsp3) is 0. The van der Waals surface area contributed by atoms with Crippen molar-refractivity contribution in [1.29, 1.82) is 0 Å². The van der Waals surface area contributed by atoms with Gasteiger partial charge in [0.15, 0.2) is 5.82 Å². The Kier molecular flexibility index (Phi) is 8.87. The van der Waals surface area contributed by atoms with Crippen LogP contribution in [-0.2, 0) is 0 Å². The average Bonchev–Trinajstić information content (AvgIpc) is 3.34. The third-order valence-corrected chi connectivity index (χ3v) is 11.6. The lowest BCUT2D eigenvalue weighted by Gasteiger charge is -2.14. The Balaban J connectivity index is 1.00. The predicted octanol–water partition coefficient (Wildman–Crippen LogP) is 15.6. The van der Waals surface area contributed by atoms with E-state index in [0.717, 1.165) is 60.8 Å². The summed E-state index contributed by atoms with van der Waals surface area (Å²) in [5, 5.41) is 5.62. The van der Waals surface area contributed by atoms with E-state index in [-0.39, 0.29) is 0 Å². The van der Waals surface area contributed by atoms with Gasteiger partial charge in [-0.2, -0.15) is 0 Å². The van der Waals surface area contributed by atoms with Gasteiger partial charge in [-0.1, -0.05) is 188 Å². The Morgan fingerprint density at radius 2 is 0.633 bits per heavy atom. The molecule has 0 N–H and O–H groups in total. The monoisotopic (exact) mass is 762 g/mol. The number of hydrogen-bond donors (Lipinski definition) is 0. The van der Waals surface area contributed by atoms with Crippen molar-refractivity contribution in [2.45, 2.75) is 0 Å². The highest BCUT2D eigenvalue weighted by Gasteiger charge is 2.16. The Hall–Kier alpha value is -7.94. The maximum atomic E-state index is 5.38. The molecule has 2 nitrogen and oxygen atoms in total. The molecule has 0 saturated heterocycles. The van der Waals surface area contributed by atoms with Crippen LogP contribution in [-0.4, -0.2) is 9.97 Å². The third kappa shape index (κ3) is 6.61. The standard InChI is InChI=1S/C58H38N2/c1-3-15-39(16-4-1)49-36-50(40-17-5-2-6-18-40)38-51(37-49)47-26-12-24-45(34-47)43-22-11-23-44(33-43)46-25-13-27-48(35-46)56-55-32-31-42-20-8-10-29-53(42)57(55)60-58(59-56)54-30-14-21-41-19-7-9-28-52(41)54/h1-38H. The molecule has 2 heteroatoms. The second-order valence-electron chi connectivity index (χ2n) is 15.4. The lowest BCUT2D eigenvalue weighted by Crippen LogP contribution is -1.97. The number of benzene rings is 10. The third-order valence-electron chi connectivity index (χ3n) is 11.6. The first-order valence-corrected chi connectivity index (χ1v) is 20.5. The maximum absolute atomic E-state index is 5.38. The highest BCUT2D eigenvalue weighted by atomic mass is 14.9. The van der Waals surface area contributed by atoms with Crippen molar-refractivity contribution in [3.05, 3.63) is 231 Å². The van der Waals surface area contributed by atoms with E-state index in [1.54, 1.807) is 0 Å². The Morgan fingerprint density at radius 1 is 0.233 bits per heavy atom. The van der Waals surface area contributed by atoms with Crippen molar-refractivity contribution < 1.29 is 0 Å². The largest absolute Gasteiger partial charge is 0.227 e. The van der Waals surface area contributed by atoms with Crippen molar-refractivity contribution >= 4 is 32.4 Å². The molecule has 280 valence electrons. The molecule has 0 aliphatic rings. The molecule has 0 bridgehead atoms. The molecule has 11 rings (SSSR count). The molecular weight excluding hydrogens is 725 g/mol. The van der Waals surface area contributed by atoms with Crippen LogP contribution in [0.25, 0.3) is 111 Å². The minimum atomic E-state index is 0.725. The van der Waals surface area contributed by atoms with Crippen LogP contribution in [0.3, 0.4) is 0 Å². The summed E-state index contributed by atoms with van der Waals surface area (Å²) in [5.74, 6) is 0.725. The number of rotatable bonds is 7. The molecule has 0 spiro atoms. The van der Waals surface area contributed by atoms with Gasteiger partial charge in [0.1, 0.15) is 0 Å². The summed E-state index contributed by atoms with van der Waals surface area (Å²) < 4.78 is 0. The maximum Gasteiger partial charge on any atom is 0.161 e. The molecule has 0 atom stereocenters. The molecular formula is C58H38N2. The van der Waals surface area contributed by atoms with Crippen LogP contribution in [0.15, 0.2) is 231 Å². The van der Waals surface area contributed by atoms with Gasteiger partial charge in [0.05, 0.1) is 11.2 Å². The van der Waals surface area contributed by atoms with E-state index in [0.29, 0.717) is 0 Å². The van der Waals surface area contributed by atoms with Gasteiger partial charge in [0, 0.05) is 21.9 Å². The van der Waals surface area contributed by atoms with Gasteiger partial charge < -0.3 is 0 Å². The van der Waals surface area contributed by atoms with Crippen molar-refractivity contribution in [2.24, 2.45) is 0 Å². The molecule has 0 amide bonds. The van der Waals surface area contributed by atoms with E-state index in [2.05, 4.69) is 231 Å². The molecule has 1 aromatic heterocycles. The minimum absolute atomic E-state index is 0.725. The molecule has 0 aliphatic heterocycles. The lowest BCUT2D eigenvalue weighted by atomic mass is 9.91. The highest BCUT2D eigenvalue weighted by Crippen LogP contribution is 2.38. The number of nitrogens with zero attached hydrogens (tertiary/aromatic N) is 2. The van der Waals surface area contributed by atoms with Crippen LogP contribution in [0.1, 0.15) is 0 Å². The molecule has 60 heavy (non-hydrogen) atoms. The first kappa shape index (κ1) is 35.2. The first-order chi connectivity index (χ1) is 29.7. The van der Waals surface area contributed by atoms with E-state index < -0.39 is 0 Å². The molecule has 10 aromatic carbocycles. The zero-order valence-corrected chi connectivity index (χ0v) is 32.8. The van der Waals surface area contributed by atoms with E-state index in [4.69, 9.17) is 9.97 Å². The van der Waals surface area contributed by atoms with Crippen molar-refractivity contribution in [3.8, 4) is 78.3 Å². The molecule has 0 saturated carbocycles. The fourth-order valence-corrected chi connectivity index (χ4v) is 8.62. The number of aromatic nitrogens is 2. The molecule has 0 aliphatic carbocycles. The lowest BCUT2D eigenvalue weighted by molar-refractivity contribution is 1.24. The Labute approximate surface area is 349 Å². The van der Waals surface area contributed by atoms with Crippen molar-refractivity contribution in [1.82, 2.24) is 9.97 Å². The van der Waals surface area contributed by atoms with Crippen LogP contribution in [0.2, 0.25) is 0 Å². The molecule has 11 aromatic rings. The summed E-state index contributed by atoms with van der Waals surface area (Å²) in [6.45, 7) is 0. The second-order valence-corrected chi connectivity index (χ2v) is 15.4. The van der Waals surface area contributed by atoms with Crippen molar-refractivity contribution in [3.63, 3.8) is 0 Å². The summed E-state index contributed by atoms with van der Waals surface area (Å²) >= 11 is 0. The Bertz CT molecular complexity index is 3310. The summed E-state index contributed by atoms with van der Waals surface area (Å²) in [6, 6.07) is 82.6. The van der Waals surface area contributed by atoms with E-state index >= 15 is 0 Å². The molecule has 1 heterocycles. The van der Waals surface area contributed by atoms with Crippen LogP contribution >= 0.6 is 0 Å². The van der Waals surface area contributed by atoms with Gasteiger partial charge in [-0.05, 0) is 114 Å². The summed E-state index contributed by atoms with van der Waals surface area (Å²) in [7, 11) is 0. The first-order valence-electron chi connectivity index (χ1n) is 20.5. The summed E-state index contributed by atoms with van der Waals surface area (Å²) in [5.41, 5.74) is 15.8. The minimum Gasteiger partial charge on any atom is -0.227 e. The van der Waals surface area contributed by atoms with Gasteiger partial charge in [0.2, 0.25) is 0 Å². The topological polar surface area (TPSA) is 25.8 Å². The van der Waals surface area contributed by atoms with Gasteiger partial charge in [-0.25, -0.2) is 9.97 Å². The highest BCUT2D eigenvalue weighted by molar-refractivity contribution is 6.10. The van der Waals surface area contributed by atoms with Crippen LogP contribution in [0.5, 0.6) is 0 Å². The van der Waals surface area contributed by atoms with Gasteiger partial charge in [-0.15, -0.1) is 0 Å². The quantitative estimate of drug-likeness (QED) is 0.151. The summed E-state index contributed by atoms with van der Waals surface area (Å²) in [4.78, 5) is 10.7. The molecule has 0 unspecified atom stereocenters.